The minimum atomic E-state index is -0.476. The Kier molecular flexibility index (Phi) is 5.23. The summed E-state index contributed by atoms with van der Waals surface area (Å²) in [6.07, 6.45) is 0. The van der Waals surface area contributed by atoms with Gasteiger partial charge in [0.05, 0.1) is 12.8 Å². The van der Waals surface area contributed by atoms with Crippen molar-refractivity contribution in [1.82, 2.24) is 4.98 Å². The van der Waals surface area contributed by atoms with Gasteiger partial charge in [0.25, 0.3) is 5.91 Å². The van der Waals surface area contributed by atoms with Crippen molar-refractivity contribution in [3.8, 4) is 17.2 Å². The van der Waals surface area contributed by atoms with E-state index in [4.69, 9.17) is 9.15 Å². The molecule has 0 aliphatic carbocycles. The minimum Gasteiger partial charge on any atom is -0.495 e. The maximum absolute atomic E-state index is 13.5. The highest BCUT2D eigenvalue weighted by atomic mass is 19.1. The standard InChI is InChI=1S/C24H21FN2O3/c1-14(2)15-7-10-22-20(12-15)27-24(30-22)17-8-9-21(29-3)19(13-17)26-23(28)16-5-4-6-18(25)11-16/h4-14H,1-3H3,(H,26,28). The number of oxazole rings is 1. The van der Waals surface area contributed by atoms with Crippen molar-refractivity contribution in [1.29, 1.82) is 0 Å². The number of halogens is 1. The largest absolute Gasteiger partial charge is 0.495 e. The first-order valence-corrected chi connectivity index (χ1v) is 9.60. The Bertz CT molecular complexity index is 1230. The summed E-state index contributed by atoms with van der Waals surface area (Å²) < 4.78 is 24.7. The van der Waals surface area contributed by atoms with Gasteiger partial charge < -0.3 is 14.5 Å². The Labute approximate surface area is 173 Å². The van der Waals surface area contributed by atoms with E-state index in [1.165, 1.54) is 30.9 Å². The second-order valence-corrected chi connectivity index (χ2v) is 7.28. The molecule has 1 aromatic heterocycles. The number of aromatic nitrogens is 1. The number of nitrogens with zero attached hydrogens (tertiary/aromatic N) is 1. The van der Waals surface area contributed by atoms with E-state index in [1.807, 2.05) is 24.3 Å². The van der Waals surface area contributed by atoms with E-state index in [-0.39, 0.29) is 5.56 Å². The lowest BCUT2D eigenvalue weighted by molar-refractivity contribution is 0.102. The zero-order valence-electron chi connectivity index (χ0n) is 16.9. The number of carbonyl (C=O) groups excluding carboxylic acids is 1. The highest BCUT2D eigenvalue weighted by Crippen LogP contribution is 2.33. The lowest BCUT2D eigenvalue weighted by atomic mass is 10.0. The van der Waals surface area contributed by atoms with Gasteiger partial charge in [0.15, 0.2) is 5.58 Å². The molecular weight excluding hydrogens is 383 g/mol. The van der Waals surface area contributed by atoms with Gasteiger partial charge in [-0.1, -0.05) is 26.0 Å². The van der Waals surface area contributed by atoms with Crippen LogP contribution in [0.5, 0.6) is 5.75 Å². The van der Waals surface area contributed by atoms with Crippen molar-refractivity contribution in [2.45, 2.75) is 19.8 Å². The van der Waals surface area contributed by atoms with Crippen LogP contribution in [-0.4, -0.2) is 18.0 Å². The van der Waals surface area contributed by atoms with E-state index in [2.05, 4.69) is 24.1 Å². The van der Waals surface area contributed by atoms with E-state index in [9.17, 15) is 9.18 Å². The third kappa shape index (κ3) is 3.89. The van der Waals surface area contributed by atoms with Crippen LogP contribution in [-0.2, 0) is 0 Å². The number of anilines is 1. The quantitative estimate of drug-likeness (QED) is 0.442. The predicted molar refractivity (Wildman–Crippen MR) is 114 cm³/mol. The number of methoxy groups -OCH3 is 1. The van der Waals surface area contributed by atoms with E-state index in [0.29, 0.717) is 34.4 Å². The number of hydrogen-bond acceptors (Lipinski definition) is 4. The molecule has 0 aliphatic rings. The molecule has 152 valence electrons. The number of nitrogens with one attached hydrogen (secondary N) is 1. The smallest absolute Gasteiger partial charge is 0.255 e. The fourth-order valence-electron chi connectivity index (χ4n) is 3.19. The van der Waals surface area contributed by atoms with Gasteiger partial charge in [-0.05, 0) is 60.0 Å². The van der Waals surface area contributed by atoms with Gasteiger partial charge in [-0.3, -0.25) is 4.79 Å². The summed E-state index contributed by atoms with van der Waals surface area (Å²) in [5, 5.41) is 2.77. The Hall–Kier alpha value is -3.67. The molecule has 4 aromatic rings. The molecule has 0 aliphatic heterocycles. The topological polar surface area (TPSA) is 64.4 Å². The maximum Gasteiger partial charge on any atom is 0.255 e. The molecule has 0 bridgehead atoms. The van der Waals surface area contributed by atoms with Crippen molar-refractivity contribution >= 4 is 22.7 Å². The van der Waals surface area contributed by atoms with Crippen LogP contribution < -0.4 is 10.1 Å². The van der Waals surface area contributed by atoms with Crippen LogP contribution in [0.3, 0.4) is 0 Å². The predicted octanol–water partition coefficient (Wildman–Crippen LogP) is 6.02. The fraction of sp³-hybridized carbons (Fsp3) is 0.167. The fourth-order valence-corrected chi connectivity index (χ4v) is 3.19. The Balaban J connectivity index is 1.68. The van der Waals surface area contributed by atoms with Crippen LogP contribution in [0, 0.1) is 5.82 Å². The van der Waals surface area contributed by atoms with Gasteiger partial charge >= 0.3 is 0 Å². The molecular formula is C24H21FN2O3. The molecule has 1 N–H and O–H groups in total. The molecule has 6 heteroatoms. The summed E-state index contributed by atoms with van der Waals surface area (Å²) >= 11 is 0. The molecule has 0 radical (unpaired) electrons. The Morgan fingerprint density at radius 2 is 1.93 bits per heavy atom. The molecule has 0 saturated carbocycles. The molecule has 4 rings (SSSR count). The van der Waals surface area contributed by atoms with Gasteiger partial charge in [-0.15, -0.1) is 0 Å². The van der Waals surface area contributed by atoms with Crippen LogP contribution in [0.1, 0.15) is 35.7 Å². The van der Waals surface area contributed by atoms with E-state index < -0.39 is 11.7 Å². The van der Waals surface area contributed by atoms with Gasteiger partial charge in [-0.25, -0.2) is 9.37 Å². The average molecular weight is 404 g/mol. The third-order valence-corrected chi connectivity index (χ3v) is 4.86. The molecule has 1 amide bonds. The lowest BCUT2D eigenvalue weighted by Gasteiger charge is -2.11. The third-order valence-electron chi connectivity index (χ3n) is 4.86. The number of fused-ring (bicyclic) bond motifs is 1. The highest BCUT2D eigenvalue weighted by Gasteiger charge is 2.15. The molecule has 0 atom stereocenters. The molecule has 0 spiro atoms. The number of benzene rings is 3. The Morgan fingerprint density at radius 1 is 1.10 bits per heavy atom. The number of carbonyl (C=O) groups is 1. The van der Waals surface area contributed by atoms with Crippen molar-refractivity contribution in [3.05, 3.63) is 77.6 Å². The van der Waals surface area contributed by atoms with Crippen LogP contribution in [0.15, 0.2) is 65.1 Å². The lowest BCUT2D eigenvalue weighted by Crippen LogP contribution is -2.13. The van der Waals surface area contributed by atoms with E-state index in [1.54, 1.807) is 18.2 Å². The second kappa shape index (κ2) is 7.99. The van der Waals surface area contributed by atoms with Gasteiger partial charge in [-0.2, -0.15) is 0 Å². The van der Waals surface area contributed by atoms with Crippen molar-refractivity contribution in [3.63, 3.8) is 0 Å². The summed E-state index contributed by atoms with van der Waals surface area (Å²) in [6.45, 7) is 4.25. The number of rotatable bonds is 5. The zero-order chi connectivity index (χ0) is 21.3. The number of amides is 1. The first-order valence-electron chi connectivity index (χ1n) is 9.60. The van der Waals surface area contributed by atoms with Gasteiger partial charge in [0.2, 0.25) is 5.89 Å². The highest BCUT2D eigenvalue weighted by molar-refractivity contribution is 6.05. The van der Waals surface area contributed by atoms with Crippen LogP contribution in [0.4, 0.5) is 10.1 Å². The molecule has 1 heterocycles. The molecule has 0 unspecified atom stereocenters. The molecule has 0 saturated heterocycles. The van der Waals surface area contributed by atoms with E-state index >= 15 is 0 Å². The van der Waals surface area contributed by atoms with E-state index in [0.717, 1.165) is 5.52 Å². The van der Waals surface area contributed by atoms with Crippen molar-refractivity contribution < 1.29 is 18.3 Å². The monoisotopic (exact) mass is 404 g/mol. The summed E-state index contributed by atoms with van der Waals surface area (Å²) in [7, 11) is 1.51. The first kappa shape index (κ1) is 19.6. The van der Waals surface area contributed by atoms with Gasteiger partial charge in [0.1, 0.15) is 17.1 Å². The van der Waals surface area contributed by atoms with Gasteiger partial charge in [0, 0.05) is 11.1 Å². The molecule has 3 aromatic carbocycles. The van der Waals surface area contributed by atoms with Crippen LogP contribution >= 0.6 is 0 Å². The first-order chi connectivity index (χ1) is 14.4. The van der Waals surface area contributed by atoms with Crippen LogP contribution in [0.2, 0.25) is 0 Å². The summed E-state index contributed by atoms with van der Waals surface area (Å²) in [6, 6.07) is 16.7. The number of hydrogen-bond donors (Lipinski definition) is 1. The summed E-state index contributed by atoms with van der Waals surface area (Å²) in [5.74, 6) is 0.386. The maximum atomic E-state index is 13.5. The number of ether oxygens (including phenoxy) is 1. The zero-order valence-corrected chi connectivity index (χ0v) is 16.9. The van der Waals surface area contributed by atoms with Crippen molar-refractivity contribution in [2.24, 2.45) is 0 Å². The van der Waals surface area contributed by atoms with Crippen LogP contribution in [0.25, 0.3) is 22.6 Å². The van der Waals surface area contributed by atoms with Crippen molar-refractivity contribution in [2.75, 3.05) is 12.4 Å². The minimum absolute atomic E-state index is 0.213. The molecule has 0 fully saturated rings. The second-order valence-electron chi connectivity index (χ2n) is 7.28. The summed E-state index contributed by atoms with van der Waals surface area (Å²) in [4.78, 5) is 17.2. The Morgan fingerprint density at radius 3 is 2.67 bits per heavy atom. The molecule has 5 nitrogen and oxygen atoms in total. The average Bonchev–Trinajstić information content (AvgIpc) is 3.17. The SMILES string of the molecule is COc1ccc(-c2nc3cc(C(C)C)ccc3o2)cc1NC(=O)c1cccc(F)c1. The normalized spacial score (nSPS) is 11.1. The molecule has 30 heavy (non-hydrogen) atoms. The summed E-state index contributed by atoms with van der Waals surface area (Å²) in [5.41, 5.74) is 3.99.